The second kappa shape index (κ2) is 9.09. The number of unbranched alkanes of at least 4 members (excludes halogenated alkanes) is 2. The fraction of sp³-hybridized carbons (Fsp3) is 0.400. The molecule has 0 saturated carbocycles. The van der Waals surface area contributed by atoms with Crippen molar-refractivity contribution in [2.75, 3.05) is 25.7 Å². The van der Waals surface area contributed by atoms with Crippen molar-refractivity contribution in [3.05, 3.63) is 54.1 Å². The summed E-state index contributed by atoms with van der Waals surface area (Å²) in [6, 6.07) is 16.6. The molecule has 0 amide bonds. The summed E-state index contributed by atoms with van der Waals surface area (Å²) >= 11 is 0. The summed E-state index contributed by atoms with van der Waals surface area (Å²) in [5, 5.41) is 0. The Morgan fingerprint density at radius 2 is 1.61 bits per heavy atom. The fourth-order valence-corrected chi connectivity index (χ4v) is 2.61. The van der Waals surface area contributed by atoms with Crippen molar-refractivity contribution in [3.63, 3.8) is 0 Å². The highest BCUT2D eigenvalue weighted by Gasteiger charge is 2.08. The summed E-state index contributed by atoms with van der Waals surface area (Å²) in [6.45, 7) is 4.17. The van der Waals surface area contributed by atoms with E-state index >= 15 is 0 Å². The van der Waals surface area contributed by atoms with Gasteiger partial charge >= 0.3 is 0 Å². The van der Waals surface area contributed by atoms with Gasteiger partial charge in [0.1, 0.15) is 11.5 Å². The van der Waals surface area contributed by atoms with Gasteiger partial charge in [-0.05, 0) is 36.2 Å². The fourth-order valence-electron chi connectivity index (χ4n) is 2.61. The van der Waals surface area contributed by atoms with E-state index < -0.39 is 0 Å². The van der Waals surface area contributed by atoms with Crippen LogP contribution in [0.3, 0.4) is 0 Å². The molecule has 2 aromatic carbocycles. The summed E-state index contributed by atoms with van der Waals surface area (Å²) in [4.78, 5) is 2.42. The van der Waals surface area contributed by atoms with Crippen LogP contribution in [0.1, 0.15) is 31.7 Å². The average molecular weight is 313 g/mol. The highest BCUT2D eigenvalue weighted by molar-refractivity contribution is 5.51. The molecule has 2 aromatic rings. The van der Waals surface area contributed by atoms with Crippen molar-refractivity contribution in [2.45, 2.75) is 32.7 Å². The zero-order valence-corrected chi connectivity index (χ0v) is 14.4. The molecule has 124 valence electrons. The molecule has 0 bridgehead atoms. The first-order chi connectivity index (χ1) is 11.3. The zero-order valence-electron chi connectivity index (χ0n) is 14.4. The summed E-state index contributed by atoms with van der Waals surface area (Å²) in [5.41, 5.74) is 2.49. The highest BCUT2D eigenvalue weighted by atomic mass is 16.5. The van der Waals surface area contributed by atoms with Crippen LogP contribution in [0.4, 0.5) is 5.69 Å². The molecule has 2 rings (SSSR count). The number of nitrogens with zero attached hydrogens (tertiary/aromatic N) is 1. The van der Waals surface area contributed by atoms with Gasteiger partial charge in [0.2, 0.25) is 0 Å². The standard InChI is InChI=1S/C20H27NO2/c1-4-5-6-14-21(18-8-7-9-20(15-18)23-3)16-17-10-12-19(22-2)13-11-17/h7-13,15H,4-6,14,16H2,1-3H3. The SMILES string of the molecule is CCCCCN(Cc1ccc(OC)cc1)c1cccc(OC)c1. The Morgan fingerprint density at radius 1 is 0.870 bits per heavy atom. The Bertz CT molecular complexity index is 580. The molecule has 0 N–H and O–H groups in total. The third kappa shape index (κ3) is 5.20. The number of hydrogen-bond donors (Lipinski definition) is 0. The van der Waals surface area contributed by atoms with Gasteiger partial charge in [0.05, 0.1) is 14.2 Å². The molecule has 0 unspecified atom stereocenters. The first-order valence-electron chi connectivity index (χ1n) is 8.28. The van der Waals surface area contributed by atoms with E-state index in [4.69, 9.17) is 9.47 Å². The van der Waals surface area contributed by atoms with Crippen LogP contribution in [0.2, 0.25) is 0 Å². The highest BCUT2D eigenvalue weighted by Crippen LogP contribution is 2.24. The Hall–Kier alpha value is -2.16. The van der Waals surface area contributed by atoms with E-state index in [1.54, 1.807) is 14.2 Å². The number of rotatable bonds is 9. The predicted molar refractivity (Wildman–Crippen MR) is 96.6 cm³/mol. The molecule has 0 atom stereocenters. The maximum atomic E-state index is 5.37. The van der Waals surface area contributed by atoms with E-state index in [0.717, 1.165) is 24.6 Å². The molecular formula is C20H27NO2. The van der Waals surface area contributed by atoms with Crippen molar-refractivity contribution in [3.8, 4) is 11.5 Å². The van der Waals surface area contributed by atoms with E-state index in [2.05, 4.69) is 42.2 Å². The molecule has 0 radical (unpaired) electrons. The van der Waals surface area contributed by atoms with Crippen LogP contribution in [0.5, 0.6) is 11.5 Å². The molecule has 0 aromatic heterocycles. The predicted octanol–water partition coefficient (Wildman–Crippen LogP) is 4.90. The molecule has 3 nitrogen and oxygen atoms in total. The van der Waals surface area contributed by atoms with Crippen molar-refractivity contribution >= 4 is 5.69 Å². The summed E-state index contributed by atoms with van der Waals surface area (Å²) < 4.78 is 10.6. The summed E-state index contributed by atoms with van der Waals surface area (Å²) in [5.74, 6) is 1.80. The molecule has 0 aliphatic carbocycles. The van der Waals surface area contributed by atoms with Crippen molar-refractivity contribution in [2.24, 2.45) is 0 Å². The van der Waals surface area contributed by atoms with Crippen LogP contribution in [0, 0.1) is 0 Å². The third-order valence-corrected chi connectivity index (χ3v) is 3.98. The van der Waals surface area contributed by atoms with Crippen molar-refractivity contribution < 1.29 is 9.47 Å². The minimum absolute atomic E-state index is 0.890. The molecule has 0 saturated heterocycles. The zero-order chi connectivity index (χ0) is 16.5. The minimum atomic E-state index is 0.890. The van der Waals surface area contributed by atoms with Gasteiger partial charge in [-0.15, -0.1) is 0 Å². The second-order valence-electron chi connectivity index (χ2n) is 5.68. The van der Waals surface area contributed by atoms with E-state index in [-0.39, 0.29) is 0 Å². The van der Waals surface area contributed by atoms with Gasteiger partial charge in [0.15, 0.2) is 0 Å². The number of anilines is 1. The van der Waals surface area contributed by atoms with Crippen LogP contribution >= 0.6 is 0 Å². The van der Waals surface area contributed by atoms with E-state index in [1.807, 2.05) is 18.2 Å². The molecule has 23 heavy (non-hydrogen) atoms. The molecule has 0 spiro atoms. The number of hydrogen-bond acceptors (Lipinski definition) is 3. The maximum absolute atomic E-state index is 5.37. The smallest absolute Gasteiger partial charge is 0.120 e. The van der Waals surface area contributed by atoms with Gasteiger partial charge in [-0.25, -0.2) is 0 Å². The average Bonchev–Trinajstić information content (AvgIpc) is 2.61. The van der Waals surface area contributed by atoms with E-state index in [0.29, 0.717) is 0 Å². The maximum Gasteiger partial charge on any atom is 0.120 e. The van der Waals surface area contributed by atoms with Gasteiger partial charge < -0.3 is 14.4 Å². The first-order valence-corrected chi connectivity index (χ1v) is 8.28. The lowest BCUT2D eigenvalue weighted by molar-refractivity contribution is 0.414. The van der Waals surface area contributed by atoms with Crippen LogP contribution in [-0.4, -0.2) is 20.8 Å². The van der Waals surface area contributed by atoms with Gasteiger partial charge in [-0.1, -0.05) is 38.0 Å². The lowest BCUT2D eigenvalue weighted by Crippen LogP contribution is -2.23. The monoisotopic (exact) mass is 313 g/mol. The molecule has 3 heteroatoms. The van der Waals surface area contributed by atoms with Crippen molar-refractivity contribution in [1.82, 2.24) is 0 Å². The lowest BCUT2D eigenvalue weighted by atomic mass is 10.1. The lowest BCUT2D eigenvalue weighted by Gasteiger charge is -2.25. The summed E-state index contributed by atoms with van der Waals surface area (Å²) in [6.07, 6.45) is 3.68. The van der Waals surface area contributed by atoms with Crippen LogP contribution in [0.25, 0.3) is 0 Å². The first kappa shape index (κ1) is 17.2. The Kier molecular flexibility index (Phi) is 6.79. The Labute approximate surface area is 139 Å². The minimum Gasteiger partial charge on any atom is -0.497 e. The van der Waals surface area contributed by atoms with E-state index in [1.165, 1.54) is 30.5 Å². The third-order valence-electron chi connectivity index (χ3n) is 3.98. The summed E-state index contributed by atoms with van der Waals surface area (Å²) in [7, 11) is 3.41. The van der Waals surface area contributed by atoms with Crippen molar-refractivity contribution in [1.29, 1.82) is 0 Å². The topological polar surface area (TPSA) is 21.7 Å². The largest absolute Gasteiger partial charge is 0.497 e. The number of methoxy groups -OCH3 is 2. The van der Waals surface area contributed by atoms with Gasteiger partial charge in [0.25, 0.3) is 0 Å². The van der Waals surface area contributed by atoms with Crippen LogP contribution in [0.15, 0.2) is 48.5 Å². The number of ether oxygens (including phenoxy) is 2. The molecule has 0 fully saturated rings. The molecule has 0 aliphatic rings. The Balaban J connectivity index is 2.14. The quantitative estimate of drug-likeness (QED) is 0.615. The van der Waals surface area contributed by atoms with E-state index in [9.17, 15) is 0 Å². The second-order valence-corrected chi connectivity index (χ2v) is 5.68. The normalized spacial score (nSPS) is 10.4. The van der Waals surface area contributed by atoms with Gasteiger partial charge in [-0.3, -0.25) is 0 Å². The van der Waals surface area contributed by atoms with Gasteiger partial charge in [0, 0.05) is 24.8 Å². The molecular weight excluding hydrogens is 286 g/mol. The Morgan fingerprint density at radius 3 is 2.26 bits per heavy atom. The number of benzene rings is 2. The molecule has 0 aliphatic heterocycles. The van der Waals surface area contributed by atoms with Gasteiger partial charge in [-0.2, -0.15) is 0 Å². The van der Waals surface area contributed by atoms with Crippen LogP contribution in [-0.2, 0) is 6.54 Å². The molecule has 0 heterocycles. The van der Waals surface area contributed by atoms with Crippen LogP contribution < -0.4 is 14.4 Å².